The first-order valence-corrected chi connectivity index (χ1v) is 9.71. The zero-order valence-corrected chi connectivity index (χ0v) is 16.0. The maximum atomic E-state index is 12.2. The number of amides is 1. The standard InChI is InChI=1S/C19H24N2O4S/c1-19(2,3)15-6-8-16(9-7-15)25-13-12-21-26(23,24)17-10-4-14(5-11-17)18(20)22/h4-11,21H,12-13H2,1-3H3,(H2,20,22). The molecule has 3 N–H and O–H groups in total. The number of benzene rings is 2. The molecule has 0 unspecified atom stereocenters. The third-order valence-electron chi connectivity index (χ3n) is 3.83. The SMILES string of the molecule is CC(C)(C)c1ccc(OCCNS(=O)(=O)c2ccc(C(N)=O)cc2)cc1. The Kier molecular flexibility index (Phi) is 6.05. The van der Waals surface area contributed by atoms with E-state index >= 15 is 0 Å². The van der Waals surface area contributed by atoms with Gasteiger partial charge in [0.15, 0.2) is 0 Å². The first-order chi connectivity index (χ1) is 12.1. The number of primary amides is 1. The number of carbonyl (C=O) groups is 1. The zero-order valence-electron chi connectivity index (χ0n) is 15.2. The fraction of sp³-hybridized carbons (Fsp3) is 0.316. The highest BCUT2D eigenvalue weighted by Gasteiger charge is 2.15. The summed E-state index contributed by atoms with van der Waals surface area (Å²) in [5.74, 6) is 0.0794. The first-order valence-electron chi connectivity index (χ1n) is 8.22. The van der Waals surface area contributed by atoms with Crippen molar-refractivity contribution in [2.24, 2.45) is 5.73 Å². The van der Waals surface area contributed by atoms with Crippen molar-refractivity contribution < 1.29 is 17.9 Å². The van der Waals surface area contributed by atoms with E-state index in [0.717, 1.165) is 0 Å². The number of ether oxygens (including phenoxy) is 1. The summed E-state index contributed by atoms with van der Waals surface area (Å²) in [6, 6.07) is 13.2. The molecule has 0 aliphatic carbocycles. The normalized spacial score (nSPS) is 12.0. The Labute approximate surface area is 154 Å². The van der Waals surface area contributed by atoms with Crippen LogP contribution in [0.4, 0.5) is 0 Å². The molecular weight excluding hydrogens is 352 g/mol. The molecule has 0 spiro atoms. The molecule has 0 aliphatic rings. The van der Waals surface area contributed by atoms with Crippen molar-refractivity contribution in [2.75, 3.05) is 13.2 Å². The molecule has 0 aromatic heterocycles. The van der Waals surface area contributed by atoms with Gasteiger partial charge in [0.05, 0.1) is 4.90 Å². The highest BCUT2D eigenvalue weighted by molar-refractivity contribution is 7.89. The summed E-state index contributed by atoms with van der Waals surface area (Å²) in [5, 5.41) is 0. The molecular formula is C19H24N2O4S. The summed E-state index contributed by atoms with van der Waals surface area (Å²) in [6.07, 6.45) is 0. The second kappa shape index (κ2) is 7.88. The molecule has 0 atom stereocenters. The summed E-state index contributed by atoms with van der Waals surface area (Å²) in [5.41, 5.74) is 6.66. The molecule has 140 valence electrons. The quantitative estimate of drug-likeness (QED) is 0.725. The fourth-order valence-corrected chi connectivity index (χ4v) is 3.29. The number of sulfonamides is 1. The van der Waals surface area contributed by atoms with Gasteiger partial charge in [-0.25, -0.2) is 13.1 Å². The Balaban J connectivity index is 1.87. The van der Waals surface area contributed by atoms with E-state index in [-0.39, 0.29) is 29.0 Å². The van der Waals surface area contributed by atoms with Gasteiger partial charge in [0.1, 0.15) is 12.4 Å². The Hall–Kier alpha value is -2.38. The van der Waals surface area contributed by atoms with E-state index in [0.29, 0.717) is 5.75 Å². The molecule has 0 heterocycles. The number of nitrogens with two attached hydrogens (primary N) is 1. The van der Waals surface area contributed by atoms with Crippen LogP contribution in [0, 0.1) is 0 Å². The maximum absolute atomic E-state index is 12.2. The molecule has 6 nitrogen and oxygen atoms in total. The van der Waals surface area contributed by atoms with Crippen molar-refractivity contribution in [3.05, 3.63) is 59.7 Å². The third kappa shape index (κ3) is 5.31. The van der Waals surface area contributed by atoms with Crippen LogP contribution in [-0.4, -0.2) is 27.5 Å². The predicted octanol–water partition coefficient (Wildman–Crippen LogP) is 2.44. The van der Waals surface area contributed by atoms with Crippen LogP contribution in [0.15, 0.2) is 53.4 Å². The lowest BCUT2D eigenvalue weighted by atomic mass is 9.87. The van der Waals surface area contributed by atoms with E-state index < -0.39 is 15.9 Å². The molecule has 2 rings (SSSR count). The highest BCUT2D eigenvalue weighted by atomic mass is 32.2. The van der Waals surface area contributed by atoms with Gasteiger partial charge in [-0.05, 0) is 47.4 Å². The van der Waals surface area contributed by atoms with E-state index in [1.165, 1.54) is 29.8 Å². The van der Waals surface area contributed by atoms with Crippen LogP contribution in [-0.2, 0) is 15.4 Å². The number of hydrogen-bond acceptors (Lipinski definition) is 4. The molecule has 7 heteroatoms. The van der Waals surface area contributed by atoms with Gasteiger partial charge in [0.2, 0.25) is 15.9 Å². The third-order valence-corrected chi connectivity index (χ3v) is 5.31. The highest BCUT2D eigenvalue weighted by Crippen LogP contribution is 2.24. The van der Waals surface area contributed by atoms with Crippen LogP contribution < -0.4 is 15.2 Å². The van der Waals surface area contributed by atoms with Crippen molar-refractivity contribution >= 4 is 15.9 Å². The van der Waals surface area contributed by atoms with Crippen LogP contribution >= 0.6 is 0 Å². The average Bonchev–Trinajstić information content (AvgIpc) is 2.58. The summed E-state index contributed by atoms with van der Waals surface area (Å²) >= 11 is 0. The molecule has 0 saturated carbocycles. The van der Waals surface area contributed by atoms with E-state index in [4.69, 9.17) is 10.5 Å². The maximum Gasteiger partial charge on any atom is 0.248 e. The van der Waals surface area contributed by atoms with Gasteiger partial charge in [-0.1, -0.05) is 32.9 Å². The van der Waals surface area contributed by atoms with Gasteiger partial charge >= 0.3 is 0 Å². The van der Waals surface area contributed by atoms with Crippen LogP contribution in [0.3, 0.4) is 0 Å². The summed E-state index contributed by atoms with van der Waals surface area (Å²) in [7, 11) is -3.67. The minimum atomic E-state index is -3.67. The number of carbonyl (C=O) groups excluding carboxylic acids is 1. The lowest BCUT2D eigenvalue weighted by molar-refractivity contribution is 0.1000. The fourth-order valence-electron chi connectivity index (χ4n) is 2.28. The second-order valence-electron chi connectivity index (χ2n) is 6.91. The van der Waals surface area contributed by atoms with Gasteiger partial charge in [-0.15, -0.1) is 0 Å². The molecule has 0 bridgehead atoms. The van der Waals surface area contributed by atoms with Crippen LogP contribution in [0.25, 0.3) is 0 Å². The Morgan fingerprint density at radius 3 is 2.12 bits per heavy atom. The number of hydrogen-bond donors (Lipinski definition) is 2. The molecule has 26 heavy (non-hydrogen) atoms. The molecule has 0 fully saturated rings. The van der Waals surface area contributed by atoms with Crippen LogP contribution in [0.1, 0.15) is 36.7 Å². The minimum absolute atomic E-state index is 0.0667. The lowest BCUT2D eigenvalue weighted by Gasteiger charge is -2.19. The molecule has 0 radical (unpaired) electrons. The Morgan fingerprint density at radius 2 is 1.62 bits per heavy atom. The van der Waals surface area contributed by atoms with Gasteiger partial charge in [0, 0.05) is 12.1 Å². The predicted molar refractivity (Wildman–Crippen MR) is 101 cm³/mol. The van der Waals surface area contributed by atoms with Crippen molar-refractivity contribution in [1.82, 2.24) is 4.72 Å². The summed E-state index contributed by atoms with van der Waals surface area (Å²) in [6.45, 7) is 6.73. The van der Waals surface area contributed by atoms with Crippen LogP contribution in [0.5, 0.6) is 5.75 Å². The van der Waals surface area contributed by atoms with E-state index in [2.05, 4.69) is 25.5 Å². The molecule has 2 aromatic carbocycles. The molecule has 1 amide bonds. The second-order valence-corrected chi connectivity index (χ2v) is 8.68. The van der Waals surface area contributed by atoms with Gasteiger partial charge in [0.25, 0.3) is 0 Å². The number of nitrogens with one attached hydrogen (secondary N) is 1. The monoisotopic (exact) mass is 376 g/mol. The van der Waals surface area contributed by atoms with Crippen molar-refractivity contribution in [2.45, 2.75) is 31.1 Å². The van der Waals surface area contributed by atoms with Crippen molar-refractivity contribution in [1.29, 1.82) is 0 Å². The lowest BCUT2D eigenvalue weighted by Crippen LogP contribution is -2.28. The molecule has 0 saturated heterocycles. The van der Waals surface area contributed by atoms with Crippen molar-refractivity contribution in [3.8, 4) is 5.75 Å². The van der Waals surface area contributed by atoms with Crippen LogP contribution in [0.2, 0.25) is 0 Å². The van der Waals surface area contributed by atoms with Gasteiger partial charge < -0.3 is 10.5 Å². The van der Waals surface area contributed by atoms with Gasteiger partial charge in [-0.2, -0.15) is 0 Å². The van der Waals surface area contributed by atoms with E-state index in [1.54, 1.807) is 0 Å². The topological polar surface area (TPSA) is 98.5 Å². The molecule has 2 aromatic rings. The Morgan fingerprint density at radius 1 is 1.04 bits per heavy atom. The summed E-state index contributed by atoms with van der Waals surface area (Å²) < 4.78 is 32.4. The van der Waals surface area contributed by atoms with E-state index in [1.807, 2.05) is 24.3 Å². The molecule has 0 aliphatic heterocycles. The smallest absolute Gasteiger partial charge is 0.248 e. The number of rotatable bonds is 7. The van der Waals surface area contributed by atoms with Gasteiger partial charge in [-0.3, -0.25) is 4.79 Å². The zero-order chi connectivity index (χ0) is 19.4. The largest absolute Gasteiger partial charge is 0.492 e. The van der Waals surface area contributed by atoms with E-state index in [9.17, 15) is 13.2 Å². The van der Waals surface area contributed by atoms with Crippen molar-refractivity contribution in [3.63, 3.8) is 0 Å². The average molecular weight is 376 g/mol. The summed E-state index contributed by atoms with van der Waals surface area (Å²) in [4.78, 5) is 11.1. The first kappa shape index (κ1) is 19.9. The minimum Gasteiger partial charge on any atom is -0.492 e. The Bertz CT molecular complexity index is 852.